The van der Waals surface area contributed by atoms with Crippen molar-refractivity contribution in [2.45, 2.75) is 26.4 Å². The van der Waals surface area contributed by atoms with Gasteiger partial charge in [0.2, 0.25) is 0 Å². The molecular formula is C19H24ClN3O6. The first-order chi connectivity index (χ1) is 13.6. The number of nitrogens with one attached hydrogen (secondary N) is 2. The van der Waals surface area contributed by atoms with Crippen LogP contribution in [0, 0.1) is 0 Å². The third-order valence-corrected chi connectivity index (χ3v) is 4.14. The van der Waals surface area contributed by atoms with Crippen molar-refractivity contribution in [3.63, 3.8) is 0 Å². The summed E-state index contributed by atoms with van der Waals surface area (Å²) in [5.41, 5.74) is 0.304. The van der Waals surface area contributed by atoms with Crippen LogP contribution in [0.15, 0.2) is 29.5 Å². The minimum Gasteiger partial charge on any atom is -0.466 e. The Bertz CT molecular complexity index is 847. The van der Waals surface area contributed by atoms with E-state index >= 15 is 0 Å². The monoisotopic (exact) mass is 425 g/mol. The second kappa shape index (κ2) is 9.15. The van der Waals surface area contributed by atoms with Crippen LogP contribution in [0.5, 0.6) is 0 Å². The highest BCUT2D eigenvalue weighted by molar-refractivity contribution is 6.34. The fourth-order valence-electron chi connectivity index (χ4n) is 2.60. The molecule has 1 aromatic rings. The molecular weight excluding hydrogens is 402 g/mol. The number of esters is 1. The Kier molecular flexibility index (Phi) is 7.10. The average Bonchev–Trinajstić information content (AvgIpc) is 2.92. The number of ether oxygens (including phenoxy) is 2. The maximum Gasteiger partial charge on any atom is 0.412 e. The van der Waals surface area contributed by atoms with E-state index in [0.717, 1.165) is 0 Å². The number of amides is 2. The Morgan fingerprint density at radius 2 is 2.00 bits per heavy atom. The van der Waals surface area contributed by atoms with Gasteiger partial charge in [-0.1, -0.05) is 11.6 Å². The Morgan fingerprint density at radius 3 is 2.55 bits per heavy atom. The molecule has 1 heterocycles. The molecule has 1 aromatic carbocycles. The molecule has 158 valence electrons. The molecule has 1 aliphatic heterocycles. The maximum atomic E-state index is 12.5. The molecule has 29 heavy (non-hydrogen) atoms. The summed E-state index contributed by atoms with van der Waals surface area (Å²) in [4.78, 5) is 37.8. The molecule has 2 rings (SSSR count). The molecule has 10 heteroatoms. The fourth-order valence-corrected chi connectivity index (χ4v) is 2.83. The van der Waals surface area contributed by atoms with Crippen molar-refractivity contribution in [1.29, 1.82) is 0 Å². The van der Waals surface area contributed by atoms with Gasteiger partial charge in [0.15, 0.2) is 0 Å². The van der Waals surface area contributed by atoms with Crippen LogP contribution in [-0.4, -0.2) is 60.4 Å². The van der Waals surface area contributed by atoms with Crippen LogP contribution >= 0.6 is 11.6 Å². The van der Waals surface area contributed by atoms with Gasteiger partial charge in [-0.05, 0) is 39.0 Å². The molecule has 0 bridgehead atoms. The lowest BCUT2D eigenvalue weighted by atomic mass is 10.2. The SMILES string of the molecule is COC(=O)C1=C(Nc2ccc(NC(=O)OC(C)(C)C)c(Cl)c2)C(=O)N(CCO)C1. The Hall–Kier alpha value is -2.78. The standard InChI is InChI=1S/C19H24ClN3O6/c1-19(2,3)29-18(27)22-14-6-5-11(9-13(14)20)21-15-12(17(26)28-4)10-23(7-8-24)16(15)25/h5-6,9,21,24H,7-8,10H2,1-4H3,(H,22,27). The molecule has 0 fully saturated rings. The normalized spacial score (nSPS) is 14.1. The van der Waals surface area contributed by atoms with Crippen molar-refractivity contribution in [3.05, 3.63) is 34.5 Å². The first kappa shape index (κ1) is 22.5. The van der Waals surface area contributed by atoms with Crippen LogP contribution in [0.1, 0.15) is 20.8 Å². The van der Waals surface area contributed by atoms with Crippen molar-refractivity contribution in [3.8, 4) is 0 Å². The average molecular weight is 426 g/mol. The van der Waals surface area contributed by atoms with Crippen molar-refractivity contribution >= 4 is 40.9 Å². The van der Waals surface area contributed by atoms with Crippen LogP contribution in [-0.2, 0) is 19.1 Å². The minimum absolute atomic E-state index is 0.0282. The van der Waals surface area contributed by atoms with Gasteiger partial charge in [0.25, 0.3) is 5.91 Å². The first-order valence-corrected chi connectivity index (χ1v) is 9.21. The van der Waals surface area contributed by atoms with Crippen molar-refractivity contribution < 1.29 is 29.0 Å². The summed E-state index contributed by atoms with van der Waals surface area (Å²) in [6.45, 7) is 5.11. The first-order valence-electron chi connectivity index (χ1n) is 8.84. The quantitative estimate of drug-likeness (QED) is 0.599. The summed E-state index contributed by atoms with van der Waals surface area (Å²) in [5, 5.41) is 14.7. The van der Waals surface area contributed by atoms with E-state index in [-0.39, 0.29) is 36.0 Å². The Balaban J connectivity index is 2.20. The summed E-state index contributed by atoms with van der Waals surface area (Å²) >= 11 is 6.22. The summed E-state index contributed by atoms with van der Waals surface area (Å²) < 4.78 is 9.92. The second-order valence-corrected chi connectivity index (χ2v) is 7.65. The lowest BCUT2D eigenvalue weighted by molar-refractivity contribution is -0.136. The number of hydrogen-bond acceptors (Lipinski definition) is 7. The van der Waals surface area contributed by atoms with Gasteiger partial charge in [-0.2, -0.15) is 0 Å². The lowest BCUT2D eigenvalue weighted by Gasteiger charge is -2.20. The zero-order chi connectivity index (χ0) is 21.8. The highest BCUT2D eigenvalue weighted by Crippen LogP contribution is 2.29. The predicted molar refractivity (Wildman–Crippen MR) is 108 cm³/mol. The molecule has 0 atom stereocenters. The Morgan fingerprint density at radius 1 is 1.31 bits per heavy atom. The molecule has 0 aliphatic carbocycles. The number of β-amino-alcohol motifs (C(OH)–C–C–N with tert-alkyl or cyclic N) is 1. The lowest BCUT2D eigenvalue weighted by Crippen LogP contribution is -2.31. The van der Waals surface area contributed by atoms with E-state index in [1.807, 2.05) is 0 Å². The van der Waals surface area contributed by atoms with Crippen LogP contribution in [0.2, 0.25) is 5.02 Å². The van der Waals surface area contributed by atoms with Gasteiger partial charge >= 0.3 is 12.1 Å². The number of aliphatic hydroxyl groups excluding tert-OH is 1. The molecule has 2 amide bonds. The molecule has 3 N–H and O–H groups in total. The summed E-state index contributed by atoms with van der Waals surface area (Å²) in [7, 11) is 1.22. The van der Waals surface area contributed by atoms with Crippen LogP contribution in [0.25, 0.3) is 0 Å². The molecule has 0 saturated carbocycles. The van der Waals surface area contributed by atoms with Gasteiger partial charge in [0.05, 0.1) is 36.5 Å². The van der Waals surface area contributed by atoms with Crippen LogP contribution < -0.4 is 10.6 Å². The number of rotatable bonds is 6. The van der Waals surface area contributed by atoms with E-state index in [1.165, 1.54) is 24.1 Å². The number of carbonyl (C=O) groups is 3. The number of nitrogens with zero attached hydrogens (tertiary/aromatic N) is 1. The van der Waals surface area contributed by atoms with Crippen molar-refractivity contribution in [1.82, 2.24) is 4.90 Å². The number of methoxy groups -OCH3 is 1. The van der Waals surface area contributed by atoms with Crippen LogP contribution in [0.4, 0.5) is 16.2 Å². The number of anilines is 2. The zero-order valence-electron chi connectivity index (χ0n) is 16.7. The van der Waals surface area contributed by atoms with E-state index < -0.39 is 23.6 Å². The maximum absolute atomic E-state index is 12.5. The van der Waals surface area contributed by atoms with Gasteiger partial charge < -0.3 is 24.8 Å². The van der Waals surface area contributed by atoms with E-state index in [2.05, 4.69) is 10.6 Å². The number of benzene rings is 1. The smallest absolute Gasteiger partial charge is 0.412 e. The van der Waals surface area contributed by atoms with Gasteiger partial charge in [-0.3, -0.25) is 10.1 Å². The third-order valence-electron chi connectivity index (χ3n) is 3.83. The number of carbonyl (C=O) groups excluding carboxylic acids is 3. The van der Waals surface area contributed by atoms with Crippen molar-refractivity contribution in [2.24, 2.45) is 0 Å². The molecule has 0 saturated heterocycles. The molecule has 0 unspecified atom stereocenters. The minimum atomic E-state index is -0.655. The molecule has 0 aromatic heterocycles. The van der Waals surface area contributed by atoms with E-state index in [4.69, 9.17) is 26.2 Å². The summed E-state index contributed by atoms with van der Waals surface area (Å²) in [5.74, 6) is -1.08. The number of hydrogen-bond donors (Lipinski definition) is 3. The molecule has 1 aliphatic rings. The number of halogens is 1. The van der Waals surface area contributed by atoms with E-state index in [9.17, 15) is 14.4 Å². The summed E-state index contributed by atoms with van der Waals surface area (Å²) in [6.07, 6.45) is -0.651. The van der Waals surface area contributed by atoms with Gasteiger partial charge in [-0.15, -0.1) is 0 Å². The largest absolute Gasteiger partial charge is 0.466 e. The van der Waals surface area contributed by atoms with Gasteiger partial charge in [0.1, 0.15) is 11.3 Å². The fraction of sp³-hybridized carbons (Fsp3) is 0.421. The van der Waals surface area contributed by atoms with Gasteiger partial charge in [-0.25, -0.2) is 9.59 Å². The van der Waals surface area contributed by atoms with Crippen LogP contribution in [0.3, 0.4) is 0 Å². The Labute approximate surface area is 173 Å². The van der Waals surface area contributed by atoms with E-state index in [0.29, 0.717) is 11.4 Å². The third kappa shape index (κ3) is 5.85. The molecule has 9 nitrogen and oxygen atoms in total. The number of aliphatic hydroxyl groups is 1. The second-order valence-electron chi connectivity index (χ2n) is 7.24. The molecule has 0 radical (unpaired) electrons. The van der Waals surface area contributed by atoms with E-state index in [1.54, 1.807) is 26.8 Å². The molecule has 0 spiro atoms. The highest BCUT2D eigenvalue weighted by atomic mass is 35.5. The highest BCUT2D eigenvalue weighted by Gasteiger charge is 2.34. The zero-order valence-corrected chi connectivity index (χ0v) is 17.4. The van der Waals surface area contributed by atoms with Crippen molar-refractivity contribution in [2.75, 3.05) is 37.4 Å². The predicted octanol–water partition coefficient (Wildman–Crippen LogP) is 2.36. The summed E-state index contributed by atoms with van der Waals surface area (Å²) in [6, 6.07) is 4.62. The topological polar surface area (TPSA) is 117 Å². The van der Waals surface area contributed by atoms with Gasteiger partial charge in [0, 0.05) is 12.2 Å².